The van der Waals surface area contributed by atoms with Crippen molar-refractivity contribution in [2.45, 2.75) is 12.7 Å². The SMILES string of the molecule is C=CN(C)/C(=N\N)SCc1c(C(=O)N/N=C(\C)c2ccc(C#N)cc2)nnn1-c1nonc1N. The van der Waals surface area contributed by atoms with E-state index >= 15 is 0 Å². The minimum Gasteiger partial charge on any atom is -0.378 e. The lowest BCUT2D eigenvalue weighted by Gasteiger charge is -2.14. The minimum absolute atomic E-state index is 0.0242. The van der Waals surface area contributed by atoms with Crippen LogP contribution >= 0.6 is 11.8 Å². The van der Waals surface area contributed by atoms with Crippen LogP contribution in [0.5, 0.6) is 0 Å². The number of nitrogen functional groups attached to an aromatic ring is 1. The van der Waals surface area contributed by atoms with Crippen molar-refractivity contribution in [1.82, 2.24) is 35.6 Å². The topological polar surface area (TPSA) is 203 Å². The summed E-state index contributed by atoms with van der Waals surface area (Å²) < 4.78 is 5.89. The standard InChI is InChI=1S/C19H20N12O2S/c1-4-30(3)19(23-22)34-10-14-15(25-29-31(14)17-16(21)27-33-28-17)18(32)26-24-11(2)13-7-5-12(9-20)6-8-13/h4-8H,1,10,22H2,2-3H3,(H2,21,27)(H,26,32)/b23-19+,24-11+. The Morgan fingerprint density at radius 2 is 2.15 bits per heavy atom. The molecule has 0 saturated carbocycles. The first-order valence-corrected chi connectivity index (χ1v) is 10.5. The number of aromatic nitrogens is 5. The number of nitrogens with one attached hydrogen (secondary N) is 1. The Morgan fingerprint density at radius 1 is 1.41 bits per heavy atom. The highest BCUT2D eigenvalue weighted by Gasteiger charge is 2.25. The molecular formula is C19H20N12O2S. The van der Waals surface area contributed by atoms with Crippen molar-refractivity contribution in [3.8, 4) is 11.9 Å². The summed E-state index contributed by atoms with van der Waals surface area (Å²) in [5, 5.41) is 32.4. The highest BCUT2D eigenvalue weighted by molar-refractivity contribution is 8.13. The van der Waals surface area contributed by atoms with Crippen LogP contribution < -0.4 is 17.0 Å². The van der Waals surface area contributed by atoms with Crippen molar-refractivity contribution < 1.29 is 9.42 Å². The second-order valence-corrected chi connectivity index (χ2v) is 7.53. The molecule has 0 spiro atoms. The predicted octanol–water partition coefficient (Wildman–Crippen LogP) is 0.796. The molecule has 2 aromatic heterocycles. The lowest BCUT2D eigenvalue weighted by atomic mass is 10.1. The molecule has 0 aliphatic carbocycles. The van der Waals surface area contributed by atoms with E-state index in [9.17, 15) is 4.79 Å². The van der Waals surface area contributed by atoms with Gasteiger partial charge in [0, 0.05) is 12.8 Å². The number of carbonyl (C=O) groups is 1. The van der Waals surface area contributed by atoms with Gasteiger partial charge in [-0.25, -0.2) is 10.1 Å². The number of thioether (sulfide) groups is 1. The second kappa shape index (κ2) is 10.7. The summed E-state index contributed by atoms with van der Waals surface area (Å²) in [5.74, 6) is 5.05. The summed E-state index contributed by atoms with van der Waals surface area (Å²) in [4.78, 5) is 14.5. The fourth-order valence-corrected chi connectivity index (χ4v) is 3.47. The maximum atomic E-state index is 12.9. The van der Waals surface area contributed by atoms with Crippen LogP contribution in [0.1, 0.15) is 34.2 Å². The molecule has 0 atom stereocenters. The van der Waals surface area contributed by atoms with Crippen LogP contribution in [0.4, 0.5) is 5.82 Å². The van der Waals surface area contributed by atoms with E-state index in [1.807, 2.05) is 6.07 Å². The third kappa shape index (κ3) is 5.19. The zero-order valence-corrected chi connectivity index (χ0v) is 19.0. The summed E-state index contributed by atoms with van der Waals surface area (Å²) in [5.41, 5.74) is 10.3. The number of nitrogens with zero attached hydrogens (tertiary/aromatic N) is 9. The normalized spacial score (nSPS) is 11.7. The highest BCUT2D eigenvalue weighted by atomic mass is 32.2. The van der Waals surface area contributed by atoms with E-state index in [2.05, 4.69) is 47.5 Å². The van der Waals surface area contributed by atoms with Gasteiger partial charge in [-0.05, 0) is 41.1 Å². The van der Waals surface area contributed by atoms with Crippen LogP contribution in [-0.2, 0) is 5.75 Å². The van der Waals surface area contributed by atoms with E-state index in [0.717, 1.165) is 5.56 Å². The van der Waals surface area contributed by atoms with Crippen molar-refractivity contribution >= 4 is 34.4 Å². The van der Waals surface area contributed by atoms with Gasteiger partial charge in [0.15, 0.2) is 10.9 Å². The van der Waals surface area contributed by atoms with E-state index in [-0.39, 0.29) is 23.1 Å². The van der Waals surface area contributed by atoms with E-state index < -0.39 is 5.91 Å². The number of anilines is 1. The lowest BCUT2D eigenvalue weighted by molar-refractivity contribution is 0.0949. The smallest absolute Gasteiger partial charge is 0.293 e. The van der Waals surface area contributed by atoms with Crippen molar-refractivity contribution in [2.24, 2.45) is 16.0 Å². The number of carbonyl (C=O) groups excluding carboxylic acids is 1. The number of rotatable bonds is 7. The Hall–Kier alpha value is -4.71. The van der Waals surface area contributed by atoms with Gasteiger partial charge in [-0.15, -0.1) is 5.10 Å². The number of hydrazone groups is 2. The van der Waals surface area contributed by atoms with Crippen molar-refractivity contribution in [3.05, 3.63) is 59.6 Å². The molecule has 3 aromatic rings. The number of amides is 1. The van der Waals surface area contributed by atoms with Gasteiger partial charge >= 0.3 is 0 Å². The maximum absolute atomic E-state index is 12.9. The maximum Gasteiger partial charge on any atom is 0.293 e. The monoisotopic (exact) mass is 480 g/mol. The van der Waals surface area contributed by atoms with Crippen molar-refractivity contribution in [3.63, 3.8) is 0 Å². The van der Waals surface area contributed by atoms with Crippen LogP contribution in [0, 0.1) is 11.3 Å². The van der Waals surface area contributed by atoms with Gasteiger partial charge in [0.05, 0.1) is 23.0 Å². The molecule has 0 fully saturated rings. The molecule has 15 heteroatoms. The zero-order chi connectivity index (χ0) is 24.7. The molecular weight excluding hydrogens is 460 g/mol. The molecule has 0 bridgehead atoms. The summed E-state index contributed by atoms with van der Waals surface area (Å²) in [6, 6.07) is 8.82. The molecule has 2 heterocycles. The molecule has 0 unspecified atom stereocenters. The fourth-order valence-electron chi connectivity index (χ4n) is 2.59. The number of benzene rings is 1. The van der Waals surface area contributed by atoms with Crippen LogP contribution in [0.2, 0.25) is 0 Å². The highest BCUT2D eigenvalue weighted by Crippen LogP contribution is 2.22. The van der Waals surface area contributed by atoms with Crippen LogP contribution in [0.15, 0.2) is 51.9 Å². The first-order chi connectivity index (χ1) is 16.4. The van der Waals surface area contributed by atoms with Gasteiger partial charge in [-0.2, -0.15) is 20.1 Å². The Morgan fingerprint density at radius 3 is 2.74 bits per heavy atom. The third-order valence-corrected chi connectivity index (χ3v) is 5.52. The third-order valence-electron chi connectivity index (χ3n) is 4.46. The van der Waals surface area contributed by atoms with Gasteiger partial charge in [-0.3, -0.25) is 4.79 Å². The van der Waals surface area contributed by atoms with E-state index in [0.29, 0.717) is 22.1 Å². The van der Waals surface area contributed by atoms with Gasteiger partial charge in [0.2, 0.25) is 11.6 Å². The summed E-state index contributed by atoms with van der Waals surface area (Å²) >= 11 is 1.20. The zero-order valence-electron chi connectivity index (χ0n) is 18.2. The van der Waals surface area contributed by atoms with E-state index in [1.165, 1.54) is 22.6 Å². The molecule has 1 amide bonds. The van der Waals surface area contributed by atoms with Crippen molar-refractivity contribution in [1.29, 1.82) is 5.26 Å². The molecule has 14 nitrogen and oxygen atoms in total. The minimum atomic E-state index is -0.617. The Bertz CT molecular complexity index is 1290. The summed E-state index contributed by atoms with van der Waals surface area (Å²) in [6.45, 7) is 5.38. The molecule has 34 heavy (non-hydrogen) atoms. The van der Waals surface area contributed by atoms with E-state index in [1.54, 1.807) is 43.1 Å². The first-order valence-electron chi connectivity index (χ1n) is 9.53. The van der Waals surface area contributed by atoms with Crippen molar-refractivity contribution in [2.75, 3.05) is 12.8 Å². The Kier molecular flexibility index (Phi) is 7.56. The number of hydrogen-bond donors (Lipinski definition) is 3. The lowest BCUT2D eigenvalue weighted by Crippen LogP contribution is -2.22. The molecule has 0 saturated heterocycles. The van der Waals surface area contributed by atoms with Crippen LogP contribution in [0.3, 0.4) is 0 Å². The molecule has 0 radical (unpaired) electrons. The quantitative estimate of drug-likeness (QED) is 0.187. The molecule has 174 valence electrons. The second-order valence-electron chi connectivity index (χ2n) is 6.59. The summed E-state index contributed by atoms with van der Waals surface area (Å²) in [6.07, 6.45) is 1.53. The van der Waals surface area contributed by atoms with Gasteiger partial charge in [0.25, 0.3) is 5.91 Å². The number of hydrogen-bond acceptors (Lipinski definition) is 12. The molecule has 0 aliphatic rings. The van der Waals surface area contributed by atoms with Crippen LogP contribution in [-0.4, -0.2) is 54.0 Å². The fraction of sp³-hybridized carbons (Fsp3) is 0.158. The molecule has 1 aromatic carbocycles. The van der Waals surface area contributed by atoms with Gasteiger partial charge in [0.1, 0.15) is 0 Å². The molecule has 3 rings (SSSR count). The average Bonchev–Trinajstić information content (AvgIpc) is 3.48. The van der Waals surface area contributed by atoms with Gasteiger partial charge < -0.3 is 16.5 Å². The van der Waals surface area contributed by atoms with Crippen LogP contribution in [0.25, 0.3) is 5.82 Å². The largest absolute Gasteiger partial charge is 0.378 e. The number of nitrogens with two attached hydrogens (primary N) is 2. The first kappa shape index (κ1) is 23.9. The average molecular weight is 481 g/mol. The Balaban J connectivity index is 1.88. The molecule has 0 aliphatic heterocycles. The predicted molar refractivity (Wildman–Crippen MR) is 125 cm³/mol. The number of amidine groups is 1. The molecule has 5 N–H and O–H groups in total. The van der Waals surface area contributed by atoms with E-state index in [4.69, 9.17) is 16.8 Å². The van der Waals surface area contributed by atoms with Gasteiger partial charge in [-0.1, -0.05) is 35.7 Å². The summed E-state index contributed by atoms with van der Waals surface area (Å²) in [7, 11) is 1.72. The number of nitriles is 1. The Labute approximate surface area is 197 Å².